The zero-order valence-corrected chi connectivity index (χ0v) is 14.5. The molecule has 0 saturated carbocycles. The van der Waals surface area contributed by atoms with E-state index in [1.54, 1.807) is 48.5 Å². The number of amides is 1. The van der Waals surface area contributed by atoms with Crippen molar-refractivity contribution in [1.82, 2.24) is 5.32 Å². The highest BCUT2D eigenvalue weighted by Gasteiger charge is 2.12. The number of nitrogens with one attached hydrogen (secondary N) is 1. The Morgan fingerprint density at radius 3 is 2.27 bits per heavy atom. The van der Waals surface area contributed by atoms with Crippen LogP contribution in [0.5, 0.6) is 5.75 Å². The lowest BCUT2D eigenvalue weighted by atomic mass is 10.1. The minimum atomic E-state index is -1.04. The second-order valence-electron chi connectivity index (χ2n) is 5.83. The molecule has 6 nitrogen and oxygen atoms in total. The van der Waals surface area contributed by atoms with E-state index in [2.05, 4.69) is 5.32 Å². The second-order valence-corrected chi connectivity index (χ2v) is 5.83. The van der Waals surface area contributed by atoms with Gasteiger partial charge in [-0.2, -0.15) is 0 Å². The molecule has 26 heavy (non-hydrogen) atoms. The van der Waals surface area contributed by atoms with Gasteiger partial charge in [-0.1, -0.05) is 42.5 Å². The molecule has 2 aromatic carbocycles. The smallest absolute Gasteiger partial charge is 0.341 e. The van der Waals surface area contributed by atoms with Gasteiger partial charge in [-0.25, -0.2) is 4.79 Å². The number of carboxylic acids is 1. The van der Waals surface area contributed by atoms with Crippen LogP contribution in [0.4, 0.5) is 0 Å². The summed E-state index contributed by atoms with van der Waals surface area (Å²) in [6, 6.07) is 15.5. The molecule has 0 fully saturated rings. The summed E-state index contributed by atoms with van der Waals surface area (Å²) in [6.45, 7) is 1.44. The molecule has 0 bridgehead atoms. The zero-order valence-electron chi connectivity index (χ0n) is 14.5. The highest BCUT2D eigenvalue weighted by Crippen LogP contribution is 2.18. The molecular weight excluding hydrogens is 334 g/mol. The molecule has 136 valence electrons. The van der Waals surface area contributed by atoms with E-state index in [0.29, 0.717) is 11.3 Å². The molecule has 2 N–H and O–H groups in total. The van der Waals surface area contributed by atoms with E-state index in [4.69, 9.17) is 9.84 Å². The summed E-state index contributed by atoms with van der Waals surface area (Å²) in [6.07, 6.45) is 0.280. The van der Waals surface area contributed by atoms with Crippen molar-refractivity contribution in [3.8, 4) is 5.75 Å². The summed E-state index contributed by atoms with van der Waals surface area (Å²) in [7, 11) is 0. The number of ether oxygens (including phenoxy) is 1. The maximum Gasteiger partial charge on any atom is 0.341 e. The fourth-order valence-electron chi connectivity index (χ4n) is 2.39. The molecule has 0 heterocycles. The first-order chi connectivity index (χ1) is 12.5. The molecule has 2 aromatic rings. The quantitative estimate of drug-likeness (QED) is 0.675. The predicted molar refractivity (Wildman–Crippen MR) is 96.1 cm³/mol. The van der Waals surface area contributed by atoms with Crippen molar-refractivity contribution in [3.05, 3.63) is 65.7 Å². The van der Waals surface area contributed by atoms with E-state index >= 15 is 0 Å². The van der Waals surface area contributed by atoms with Crippen LogP contribution >= 0.6 is 0 Å². The number of carbonyl (C=O) groups is 3. The van der Waals surface area contributed by atoms with E-state index in [0.717, 1.165) is 5.56 Å². The lowest BCUT2D eigenvalue weighted by Crippen LogP contribution is -2.26. The number of Topliss-reactive ketones (excluding diaryl/α,β-unsaturated/α-hetero) is 1. The van der Waals surface area contributed by atoms with Gasteiger partial charge < -0.3 is 15.2 Å². The van der Waals surface area contributed by atoms with Crippen molar-refractivity contribution < 1.29 is 24.2 Å². The van der Waals surface area contributed by atoms with E-state index in [1.807, 2.05) is 13.0 Å². The summed E-state index contributed by atoms with van der Waals surface area (Å²) >= 11 is 0. The third-order valence-corrected chi connectivity index (χ3v) is 3.79. The molecule has 0 radical (unpaired) electrons. The van der Waals surface area contributed by atoms with Crippen LogP contribution in [0.1, 0.15) is 41.7 Å². The number of aliphatic carboxylic acids is 1. The van der Waals surface area contributed by atoms with Crippen molar-refractivity contribution >= 4 is 17.7 Å². The first kappa shape index (κ1) is 19.2. The lowest BCUT2D eigenvalue weighted by molar-refractivity contribution is -0.139. The van der Waals surface area contributed by atoms with Gasteiger partial charge in [0.15, 0.2) is 12.4 Å². The molecule has 1 amide bonds. The Morgan fingerprint density at radius 2 is 1.65 bits per heavy atom. The average molecular weight is 355 g/mol. The minimum absolute atomic E-state index is 0.0617. The Balaban J connectivity index is 1.81. The SMILES string of the molecule is CC(NC(=O)CCC(=O)c1ccccc1)c1ccc(OCC(=O)O)cc1. The van der Waals surface area contributed by atoms with E-state index in [9.17, 15) is 14.4 Å². The van der Waals surface area contributed by atoms with Crippen LogP contribution < -0.4 is 10.1 Å². The van der Waals surface area contributed by atoms with Crippen LogP contribution in [0, 0.1) is 0 Å². The molecule has 1 atom stereocenters. The van der Waals surface area contributed by atoms with Crippen LogP contribution in [0.3, 0.4) is 0 Å². The largest absolute Gasteiger partial charge is 0.482 e. The van der Waals surface area contributed by atoms with Crippen LogP contribution in [0.15, 0.2) is 54.6 Å². The Kier molecular flexibility index (Phi) is 6.91. The summed E-state index contributed by atoms with van der Waals surface area (Å²) in [5, 5.41) is 11.4. The monoisotopic (exact) mass is 355 g/mol. The number of hydrogen-bond donors (Lipinski definition) is 2. The molecule has 0 spiro atoms. The summed E-state index contributed by atoms with van der Waals surface area (Å²) < 4.78 is 5.07. The fraction of sp³-hybridized carbons (Fsp3) is 0.250. The number of ketones is 1. The van der Waals surface area contributed by atoms with Crippen molar-refractivity contribution in [1.29, 1.82) is 0 Å². The van der Waals surface area contributed by atoms with Gasteiger partial charge in [0.1, 0.15) is 5.75 Å². The van der Waals surface area contributed by atoms with Gasteiger partial charge in [-0.15, -0.1) is 0 Å². The van der Waals surface area contributed by atoms with E-state index in [1.165, 1.54) is 0 Å². The van der Waals surface area contributed by atoms with E-state index in [-0.39, 0.29) is 30.6 Å². The Bertz CT molecular complexity index is 756. The first-order valence-electron chi connectivity index (χ1n) is 8.28. The zero-order chi connectivity index (χ0) is 18.9. The van der Waals surface area contributed by atoms with Gasteiger partial charge in [0, 0.05) is 18.4 Å². The topological polar surface area (TPSA) is 92.7 Å². The molecule has 0 saturated heterocycles. The van der Waals surface area contributed by atoms with Crippen molar-refractivity contribution in [2.75, 3.05) is 6.61 Å². The van der Waals surface area contributed by atoms with Gasteiger partial charge in [0.2, 0.25) is 5.91 Å². The third kappa shape index (κ3) is 6.05. The second kappa shape index (κ2) is 9.36. The summed E-state index contributed by atoms with van der Waals surface area (Å²) in [5.74, 6) is -0.857. The average Bonchev–Trinajstić information content (AvgIpc) is 2.65. The van der Waals surface area contributed by atoms with E-state index < -0.39 is 12.6 Å². The van der Waals surface area contributed by atoms with Gasteiger partial charge in [0.25, 0.3) is 0 Å². The Hall–Kier alpha value is -3.15. The third-order valence-electron chi connectivity index (χ3n) is 3.79. The Morgan fingerprint density at radius 1 is 1.00 bits per heavy atom. The molecule has 0 aliphatic rings. The lowest BCUT2D eigenvalue weighted by Gasteiger charge is -2.15. The molecule has 6 heteroatoms. The van der Waals surface area contributed by atoms with Gasteiger partial charge in [-0.3, -0.25) is 9.59 Å². The first-order valence-corrected chi connectivity index (χ1v) is 8.28. The van der Waals surface area contributed by atoms with Gasteiger partial charge in [-0.05, 0) is 24.6 Å². The molecule has 0 aliphatic carbocycles. The van der Waals surface area contributed by atoms with Crippen LogP contribution in [-0.4, -0.2) is 29.4 Å². The van der Waals surface area contributed by atoms with Gasteiger partial charge in [0.05, 0.1) is 6.04 Å². The predicted octanol–water partition coefficient (Wildman–Crippen LogP) is 2.99. The number of benzene rings is 2. The Labute approximate surface area is 151 Å². The fourth-order valence-corrected chi connectivity index (χ4v) is 2.39. The number of hydrogen-bond acceptors (Lipinski definition) is 4. The van der Waals surface area contributed by atoms with Crippen LogP contribution in [-0.2, 0) is 9.59 Å². The number of carbonyl (C=O) groups excluding carboxylic acids is 2. The minimum Gasteiger partial charge on any atom is -0.482 e. The highest BCUT2D eigenvalue weighted by atomic mass is 16.5. The molecule has 2 rings (SSSR count). The number of rotatable bonds is 9. The molecule has 1 unspecified atom stereocenters. The number of carboxylic acid groups (broad SMARTS) is 1. The van der Waals surface area contributed by atoms with Crippen LogP contribution in [0.2, 0.25) is 0 Å². The molecular formula is C20H21NO5. The van der Waals surface area contributed by atoms with Crippen molar-refractivity contribution in [2.45, 2.75) is 25.8 Å². The standard InChI is InChI=1S/C20H21NO5/c1-14(15-7-9-17(10-8-15)26-13-20(24)25)21-19(23)12-11-18(22)16-5-3-2-4-6-16/h2-10,14H,11-13H2,1H3,(H,21,23)(H,24,25). The maximum absolute atomic E-state index is 12.1. The molecule has 0 aliphatic heterocycles. The van der Waals surface area contributed by atoms with Crippen LogP contribution in [0.25, 0.3) is 0 Å². The highest BCUT2D eigenvalue weighted by molar-refractivity contribution is 5.97. The normalized spacial score (nSPS) is 11.4. The molecule has 0 aromatic heterocycles. The summed E-state index contributed by atoms with van der Waals surface area (Å²) in [4.78, 5) is 34.5. The van der Waals surface area contributed by atoms with Crippen molar-refractivity contribution in [3.63, 3.8) is 0 Å². The summed E-state index contributed by atoms with van der Waals surface area (Å²) in [5.41, 5.74) is 1.46. The maximum atomic E-state index is 12.1. The van der Waals surface area contributed by atoms with Crippen molar-refractivity contribution in [2.24, 2.45) is 0 Å². The van der Waals surface area contributed by atoms with Gasteiger partial charge >= 0.3 is 5.97 Å².